The highest BCUT2D eigenvalue weighted by atomic mass is 16.7. The van der Waals surface area contributed by atoms with Crippen LogP contribution in [0.5, 0.6) is 23.0 Å². The maximum atomic E-state index is 5.42. The van der Waals surface area contributed by atoms with Crippen molar-refractivity contribution in [1.29, 1.82) is 0 Å². The van der Waals surface area contributed by atoms with Gasteiger partial charge in [0.15, 0.2) is 11.5 Å². The molecule has 1 aliphatic rings. The molecule has 0 radical (unpaired) electrons. The van der Waals surface area contributed by atoms with Crippen LogP contribution in [-0.4, -0.2) is 21.0 Å². The van der Waals surface area contributed by atoms with Crippen LogP contribution in [0.1, 0.15) is 5.56 Å². The van der Waals surface area contributed by atoms with Crippen molar-refractivity contribution in [2.45, 2.75) is 6.54 Å². The van der Waals surface area contributed by atoms with E-state index < -0.39 is 0 Å². The Morgan fingerprint density at radius 1 is 1.05 bits per heavy atom. The monoisotopic (exact) mass is 287 g/mol. The summed E-state index contributed by atoms with van der Waals surface area (Å²) < 4.78 is 21.5. The molecule has 0 saturated heterocycles. The summed E-state index contributed by atoms with van der Waals surface area (Å²) in [5, 5.41) is 3.35. The lowest BCUT2D eigenvalue weighted by molar-refractivity contribution is 0.171. The Kier molecular flexibility index (Phi) is 3.73. The first-order valence-corrected chi connectivity index (χ1v) is 6.65. The molecule has 0 aliphatic carbocycles. The number of methoxy groups -OCH3 is 2. The average Bonchev–Trinajstić information content (AvgIpc) is 3.00. The number of hydrogen-bond acceptors (Lipinski definition) is 5. The van der Waals surface area contributed by atoms with E-state index in [1.165, 1.54) is 0 Å². The molecule has 2 aromatic carbocycles. The number of fused-ring (bicyclic) bond motifs is 1. The van der Waals surface area contributed by atoms with E-state index in [4.69, 9.17) is 18.9 Å². The zero-order valence-electron chi connectivity index (χ0n) is 12.0. The molecule has 21 heavy (non-hydrogen) atoms. The van der Waals surface area contributed by atoms with Gasteiger partial charge in [-0.3, -0.25) is 0 Å². The molecule has 0 fully saturated rings. The molecule has 3 rings (SSSR count). The summed E-state index contributed by atoms with van der Waals surface area (Å²) in [6.45, 7) is 0.864. The van der Waals surface area contributed by atoms with E-state index in [0.29, 0.717) is 23.8 Å². The van der Waals surface area contributed by atoms with Crippen LogP contribution in [0.3, 0.4) is 0 Å². The molecule has 0 saturated carbocycles. The van der Waals surface area contributed by atoms with Gasteiger partial charge < -0.3 is 24.3 Å². The standard InChI is InChI=1S/C16H17NO4/c1-18-13-6-4-3-5-12(13)17-9-11-7-14(19-2)16-15(8-11)20-10-21-16/h3-8,17H,9-10H2,1-2H3. The third-order valence-corrected chi connectivity index (χ3v) is 3.31. The first-order valence-electron chi connectivity index (χ1n) is 6.65. The Morgan fingerprint density at radius 2 is 1.86 bits per heavy atom. The second kappa shape index (κ2) is 5.83. The molecule has 0 bridgehead atoms. The first kappa shape index (κ1) is 13.4. The minimum Gasteiger partial charge on any atom is -0.495 e. The zero-order chi connectivity index (χ0) is 14.7. The number of nitrogens with one attached hydrogen (secondary N) is 1. The molecular formula is C16H17NO4. The van der Waals surface area contributed by atoms with Crippen molar-refractivity contribution < 1.29 is 18.9 Å². The molecule has 0 spiro atoms. The molecular weight excluding hydrogens is 270 g/mol. The number of hydrogen-bond donors (Lipinski definition) is 1. The number of ether oxygens (including phenoxy) is 4. The molecule has 0 amide bonds. The molecule has 0 unspecified atom stereocenters. The molecule has 1 heterocycles. The largest absolute Gasteiger partial charge is 0.495 e. The smallest absolute Gasteiger partial charge is 0.231 e. The van der Waals surface area contributed by atoms with Gasteiger partial charge in [0.2, 0.25) is 12.5 Å². The second-order valence-corrected chi connectivity index (χ2v) is 4.59. The van der Waals surface area contributed by atoms with Gasteiger partial charge in [-0.25, -0.2) is 0 Å². The molecule has 2 aromatic rings. The molecule has 5 heteroatoms. The van der Waals surface area contributed by atoms with Crippen molar-refractivity contribution in [2.75, 3.05) is 26.3 Å². The third kappa shape index (κ3) is 2.67. The number of rotatable bonds is 5. The fourth-order valence-corrected chi connectivity index (χ4v) is 2.27. The molecule has 1 aliphatic heterocycles. The van der Waals surface area contributed by atoms with Gasteiger partial charge in [0.1, 0.15) is 5.75 Å². The van der Waals surface area contributed by atoms with Crippen LogP contribution < -0.4 is 24.3 Å². The summed E-state index contributed by atoms with van der Waals surface area (Å²) in [5.41, 5.74) is 1.98. The van der Waals surface area contributed by atoms with Gasteiger partial charge in [-0.05, 0) is 29.8 Å². The lowest BCUT2D eigenvalue weighted by atomic mass is 10.1. The van der Waals surface area contributed by atoms with Gasteiger partial charge in [-0.2, -0.15) is 0 Å². The zero-order valence-corrected chi connectivity index (χ0v) is 12.0. The van der Waals surface area contributed by atoms with Gasteiger partial charge in [-0.1, -0.05) is 12.1 Å². The summed E-state index contributed by atoms with van der Waals surface area (Å²) in [6, 6.07) is 11.7. The van der Waals surface area contributed by atoms with Crippen molar-refractivity contribution in [3.05, 3.63) is 42.0 Å². The van der Waals surface area contributed by atoms with Gasteiger partial charge >= 0.3 is 0 Å². The van der Waals surface area contributed by atoms with E-state index in [2.05, 4.69) is 5.32 Å². The fourth-order valence-electron chi connectivity index (χ4n) is 2.27. The predicted molar refractivity (Wildman–Crippen MR) is 79.4 cm³/mol. The lowest BCUT2D eigenvalue weighted by Gasteiger charge is -2.12. The number of para-hydroxylation sites is 2. The summed E-state index contributed by atoms with van der Waals surface area (Å²) >= 11 is 0. The van der Waals surface area contributed by atoms with Crippen LogP contribution in [0.25, 0.3) is 0 Å². The van der Waals surface area contributed by atoms with Crippen LogP contribution in [0.2, 0.25) is 0 Å². The Balaban J connectivity index is 1.79. The quantitative estimate of drug-likeness (QED) is 0.916. The maximum absolute atomic E-state index is 5.42. The Labute approximate surface area is 123 Å². The molecule has 0 atom stereocenters. The Morgan fingerprint density at radius 3 is 2.67 bits per heavy atom. The van der Waals surface area contributed by atoms with E-state index in [-0.39, 0.29) is 6.79 Å². The summed E-state index contributed by atoms with van der Waals surface area (Å²) in [6.07, 6.45) is 0. The van der Waals surface area contributed by atoms with Crippen LogP contribution in [0, 0.1) is 0 Å². The van der Waals surface area contributed by atoms with E-state index in [9.17, 15) is 0 Å². The molecule has 1 N–H and O–H groups in total. The third-order valence-electron chi connectivity index (χ3n) is 3.31. The van der Waals surface area contributed by atoms with Gasteiger partial charge in [0, 0.05) is 6.54 Å². The maximum Gasteiger partial charge on any atom is 0.231 e. The van der Waals surface area contributed by atoms with E-state index >= 15 is 0 Å². The van der Waals surface area contributed by atoms with Crippen molar-refractivity contribution >= 4 is 5.69 Å². The van der Waals surface area contributed by atoms with Crippen LogP contribution in [-0.2, 0) is 6.54 Å². The van der Waals surface area contributed by atoms with Crippen LogP contribution >= 0.6 is 0 Å². The Hall–Kier alpha value is -2.56. The Bertz CT molecular complexity index is 642. The number of benzene rings is 2. The van der Waals surface area contributed by atoms with Crippen molar-refractivity contribution in [3.8, 4) is 23.0 Å². The SMILES string of the molecule is COc1ccccc1NCc1cc(OC)c2c(c1)OCO2. The summed E-state index contributed by atoms with van der Waals surface area (Å²) in [4.78, 5) is 0. The summed E-state index contributed by atoms with van der Waals surface area (Å²) in [5.74, 6) is 2.87. The van der Waals surface area contributed by atoms with Crippen LogP contribution in [0.15, 0.2) is 36.4 Å². The minimum atomic E-state index is 0.231. The first-order chi connectivity index (χ1) is 10.3. The van der Waals surface area contributed by atoms with Crippen molar-refractivity contribution in [1.82, 2.24) is 0 Å². The van der Waals surface area contributed by atoms with E-state index in [1.54, 1.807) is 14.2 Å². The molecule has 0 aromatic heterocycles. The summed E-state index contributed by atoms with van der Waals surface area (Å²) in [7, 11) is 3.28. The fraction of sp³-hybridized carbons (Fsp3) is 0.250. The highest BCUT2D eigenvalue weighted by molar-refractivity contribution is 5.58. The molecule has 5 nitrogen and oxygen atoms in total. The minimum absolute atomic E-state index is 0.231. The second-order valence-electron chi connectivity index (χ2n) is 4.59. The lowest BCUT2D eigenvalue weighted by Crippen LogP contribution is -2.01. The van der Waals surface area contributed by atoms with E-state index in [1.807, 2.05) is 36.4 Å². The topological polar surface area (TPSA) is 49.0 Å². The van der Waals surface area contributed by atoms with Gasteiger partial charge in [0.25, 0.3) is 0 Å². The normalized spacial score (nSPS) is 12.1. The van der Waals surface area contributed by atoms with Gasteiger partial charge in [-0.15, -0.1) is 0 Å². The highest BCUT2D eigenvalue weighted by Crippen LogP contribution is 2.42. The van der Waals surface area contributed by atoms with Crippen LogP contribution in [0.4, 0.5) is 5.69 Å². The van der Waals surface area contributed by atoms with E-state index in [0.717, 1.165) is 17.0 Å². The average molecular weight is 287 g/mol. The van der Waals surface area contributed by atoms with Crippen molar-refractivity contribution in [2.24, 2.45) is 0 Å². The number of anilines is 1. The highest BCUT2D eigenvalue weighted by Gasteiger charge is 2.20. The van der Waals surface area contributed by atoms with Crippen molar-refractivity contribution in [3.63, 3.8) is 0 Å². The van der Waals surface area contributed by atoms with Gasteiger partial charge in [0.05, 0.1) is 19.9 Å². The molecule has 110 valence electrons. The predicted octanol–water partition coefficient (Wildman–Crippen LogP) is 3.04.